The molecule has 0 saturated carbocycles. The number of carbonyl (C=O) groups is 1. The van der Waals surface area contributed by atoms with Crippen molar-refractivity contribution >= 4 is 5.91 Å². The van der Waals surface area contributed by atoms with Crippen molar-refractivity contribution in [3.8, 4) is 17.0 Å². The maximum absolute atomic E-state index is 13.1. The fourth-order valence-corrected chi connectivity index (χ4v) is 3.63. The standard InChI is InChI=1S/C25H25FN4O2/c1-17-22(18(2)30(28-17)21-7-5-4-6-8-21)16-29(3)25(31)14-13-24-27-15-23(32-24)19-9-11-20(26)12-10-19/h4-12,15H,13-14,16H2,1-3H3. The highest BCUT2D eigenvalue weighted by atomic mass is 19.1. The Kier molecular flexibility index (Phi) is 6.16. The number of nitrogens with zero attached hydrogens (tertiary/aromatic N) is 4. The molecule has 164 valence electrons. The van der Waals surface area contributed by atoms with E-state index in [1.807, 2.05) is 48.9 Å². The van der Waals surface area contributed by atoms with Crippen LogP contribution in [0.2, 0.25) is 0 Å². The minimum atomic E-state index is -0.304. The summed E-state index contributed by atoms with van der Waals surface area (Å²) in [6.45, 7) is 4.46. The van der Waals surface area contributed by atoms with Gasteiger partial charge in [-0.1, -0.05) is 18.2 Å². The van der Waals surface area contributed by atoms with E-state index in [0.717, 1.165) is 28.2 Å². The number of para-hydroxylation sites is 1. The third-order valence-corrected chi connectivity index (χ3v) is 5.50. The maximum atomic E-state index is 13.1. The summed E-state index contributed by atoms with van der Waals surface area (Å²) in [6.07, 6.45) is 2.28. The van der Waals surface area contributed by atoms with Crippen LogP contribution in [0, 0.1) is 19.7 Å². The van der Waals surface area contributed by atoms with Crippen LogP contribution in [0.1, 0.15) is 29.3 Å². The monoisotopic (exact) mass is 432 g/mol. The number of amides is 1. The molecule has 6 nitrogen and oxygen atoms in total. The molecule has 0 bridgehead atoms. The minimum absolute atomic E-state index is 0.00204. The second-order valence-electron chi connectivity index (χ2n) is 7.77. The van der Waals surface area contributed by atoms with Gasteiger partial charge in [-0.3, -0.25) is 4.79 Å². The van der Waals surface area contributed by atoms with Crippen LogP contribution < -0.4 is 0 Å². The number of oxazole rings is 1. The average molecular weight is 432 g/mol. The van der Waals surface area contributed by atoms with Crippen LogP contribution >= 0.6 is 0 Å². The van der Waals surface area contributed by atoms with E-state index < -0.39 is 0 Å². The molecule has 0 fully saturated rings. The molecule has 0 radical (unpaired) electrons. The Bertz CT molecular complexity index is 1210. The highest BCUT2D eigenvalue weighted by Gasteiger charge is 2.18. The van der Waals surface area contributed by atoms with E-state index in [9.17, 15) is 9.18 Å². The first-order valence-electron chi connectivity index (χ1n) is 10.5. The molecule has 4 aromatic rings. The Morgan fingerprint density at radius 2 is 1.81 bits per heavy atom. The van der Waals surface area contributed by atoms with Gasteiger partial charge in [-0.15, -0.1) is 0 Å². The Labute approximate surface area is 186 Å². The van der Waals surface area contributed by atoms with E-state index in [1.165, 1.54) is 12.1 Å². The van der Waals surface area contributed by atoms with Gasteiger partial charge in [0.15, 0.2) is 11.7 Å². The Morgan fingerprint density at radius 1 is 1.09 bits per heavy atom. The quantitative estimate of drug-likeness (QED) is 0.418. The molecule has 2 heterocycles. The summed E-state index contributed by atoms with van der Waals surface area (Å²) in [4.78, 5) is 18.7. The number of halogens is 1. The molecule has 0 unspecified atom stereocenters. The van der Waals surface area contributed by atoms with Crippen LogP contribution in [-0.4, -0.2) is 32.6 Å². The molecule has 0 aliphatic rings. The van der Waals surface area contributed by atoms with E-state index in [4.69, 9.17) is 4.42 Å². The molecule has 0 atom stereocenters. The van der Waals surface area contributed by atoms with Gasteiger partial charge >= 0.3 is 0 Å². The molecule has 1 amide bonds. The zero-order valence-electron chi connectivity index (χ0n) is 18.4. The van der Waals surface area contributed by atoms with Crippen molar-refractivity contribution < 1.29 is 13.6 Å². The summed E-state index contributed by atoms with van der Waals surface area (Å²) < 4.78 is 20.7. The molecule has 4 rings (SSSR count). The van der Waals surface area contributed by atoms with Crippen LogP contribution in [0.15, 0.2) is 65.2 Å². The zero-order chi connectivity index (χ0) is 22.7. The Hall–Kier alpha value is -3.74. The van der Waals surface area contributed by atoms with Gasteiger partial charge in [0.1, 0.15) is 5.82 Å². The lowest BCUT2D eigenvalue weighted by atomic mass is 10.1. The van der Waals surface area contributed by atoms with Crippen LogP contribution in [0.3, 0.4) is 0 Å². The molecular formula is C25H25FN4O2. The van der Waals surface area contributed by atoms with Crippen LogP contribution in [-0.2, 0) is 17.8 Å². The molecule has 0 N–H and O–H groups in total. The Morgan fingerprint density at radius 3 is 2.53 bits per heavy atom. The van der Waals surface area contributed by atoms with Gasteiger partial charge in [0.2, 0.25) is 5.91 Å². The lowest BCUT2D eigenvalue weighted by Gasteiger charge is -2.17. The summed E-state index contributed by atoms with van der Waals surface area (Å²) in [5.74, 6) is 0.732. The predicted molar refractivity (Wildman–Crippen MR) is 120 cm³/mol. The average Bonchev–Trinajstić information content (AvgIpc) is 3.38. The van der Waals surface area contributed by atoms with Crippen molar-refractivity contribution in [2.75, 3.05) is 7.05 Å². The maximum Gasteiger partial charge on any atom is 0.223 e. The van der Waals surface area contributed by atoms with Crippen molar-refractivity contribution in [2.45, 2.75) is 33.2 Å². The van der Waals surface area contributed by atoms with Gasteiger partial charge in [0.05, 0.1) is 17.6 Å². The van der Waals surface area contributed by atoms with E-state index in [1.54, 1.807) is 30.3 Å². The number of hydrogen-bond donors (Lipinski definition) is 0. The third kappa shape index (κ3) is 4.61. The highest BCUT2D eigenvalue weighted by molar-refractivity contribution is 5.76. The first-order chi connectivity index (χ1) is 15.4. The van der Waals surface area contributed by atoms with Crippen molar-refractivity contribution in [1.82, 2.24) is 19.7 Å². The number of aromatic nitrogens is 3. The first-order valence-corrected chi connectivity index (χ1v) is 10.5. The van der Waals surface area contributed by atoms with E-state index >= 15 is 0 Å². The van der Waals surface area contributed by atoms with E-state index in [0.29, 0.717) is 24.6 Å². The fourth-order valence-electron chi connectivity index (χ4n) is 3.63. The van der Waals surface area contributed by atoms with Crippen molar-refractivity contribution in [1.29, 1.82) is 0 Å². The molecule has 0 aliphatic heterocycles. The first kappa shape index (κ1) is 21.5. The van der Waals surface area contributed by atoms with Crippen LogP contribution in [0.25, 0.3) is 17.0 Å². The SMILES string of the molecule is Cc1nn(-c2ccccc2)c(C)c1CN(C)C(=O)CCc1ncc(-c2ccc(F)cc2)o1. The van der Waals surface area contributed by atoms with E-state index in [-0.39, 0.29) is 18.1 Å². The summed E-state index contributed by atoms with van der Waals surface area (Å²) in [5.41, 5.74) is 4.70. The van der Waals surface area contributed by atoms with Crippen LogP contribution in [0.4, 0.5) is 4.39 Å². The number of carbonyl (C=O) groups excluding carboxylic acids is 1. The zero-order valence-corrected chi connectivity index (χ0v) is 18.4. The van der Waals surface area contributed by atoms with Gasteiger partial charge < -0.3 is 9.32 Å². The van der Waals surface area contributed by atoms with E-state index in [2.05, 4.69) is 10.1 Å². The number of hydrogen-bond acceptors (Lipinski definition) is 4. The number of benzene rings is 2. The Balaban J connectivity index is 1.38. The van der Waals surface area contributed by atoms with Crippen LogP contribution in [0.5, 0.6) is 0 Å². The second-order valence-corrected chi connectivity index (χ2v) is 7.77. The lowest BCUT2D eigenvalue weighted by Crippen LogP contribution is -2.27. The summed E-state index contributed by atoms with van der Waals surface area (Å²) in [6, 6.07) is 16.0. The molecule has 2 aromatic heterocycles. The molecule has 7 heteroatoms. The molecular weight excluding hydrogens is 407 g/mol. The topological polar surface area (TPSA) is 64.2 Å². The van der Waals surface area contributed by atoms with Crippen molar-refractivity contribution in [3.63, 3.8) is 0 Å². The van der Waals surface area contributed by atoms with Crippen molar-refractivity contribution in [3.05, 3.63) is 89.5 Å². The predicted octanol–water partition coefficient (Wildman–Crippen LogP) is 4.87. The van der Waals surface area contributed by atoms with Gasteiger partial charge in [-0.05, 0) is 50.2 Å². The van der Waals surface area contributed by atoms with Gasteiger partial charge in [0.25, 0.3) is 0 Å². The lowest BCUT2D eigenvalue weighted by molar-refractivity contribution is -0.130. The van der Waals surface area contributed by atoms with Gasteiger partial charge in [-0.2, -0.15) is 5.10 Å². The molecule has 2 aromatic carbocycles. The molecule has 0 spiro atoms. The van der Waals surface area contributed by atoms with Gasteiger partial charge in [0, 0.05) is 43.3 Å². The largest absolute Gasteiger partial charge is 0.441 e. The number of rotatable bonds is 7. The normalized spacial score (nSPS) is 11.0. The van der Waals surface area contributed by atoms with Gasteiger partial charge in [-0.25, -0.2) is 14.1 Å². The summed E-state index contributed by atoms with van der Waals surface area (Å²) >= 11 is 0. The van der Waals surface area contributed by atoms with Crippen molar-refractivity contribution in [2.24, 2.45) is 0 Å². The smallest absolute Gasteiger partial charge is 0.223 e. The fraction of sp³-hybridized carbons (Fsp3) is 0.240. The third-order valence-electron chi connectivity index (χ3n) is 5.50. The molecule has 0 aliphatic carbocycles. The molecule has 0 saturated heterocycles. The number of aryl methyl sites for hydroxylation is 2. The molecule has 32 heavy (non-hydrogen) atoms. The summed E-state index contributed by atoms with van der Waals surface area (Å²) in [5, 5.41) is 4.65. The highest BCUT2D eigenvalue weighted by Crippen LogP contribution is 2.22. The second kappa shape index (κ2) is 9.18. The summed E-state index contributed by atoms with van der Waals surface area (Å²) in [7, 11) is 1.79. The minimum Gasteiger partial charge on any atom is -0.441 e.